The monoisotopic (exact) mass is 236 g/mol. The van der Waals surface area contributed by atoms with E-state index in [0.717, 1.165) is 24.5 Å². The number of ether oxygens (including phenoxy) is 1. The van der Waals surface area contributed by atoms with E-state index in [9.17, 15) is 5.11 Å². The maximum Gasteiger partial charge on any atom is 0.0931 e. The van der Waals surface area contributed by atoms with Gasteiger partial charge in [-0.1, -0.05) is 0 Å². The van der Waals surface area contributed by atoms with Gasteiger partial charge in [0, 0.05) is 19.7 Å². The fourth-order valence-electron chi connectivity index (χ4n) is 1.91. The van der Waals surface area contributed by atoms with Gasteiger partial charge in [-0.3, -0.25) is 4.98 Å². The molecule has 4 nitrogen and oxygen atoms in total. The fraction of sp³-hybridized carbons (Fsp3) is 0.615. The van der Waals surface area contributed by atoms with E-state index in [-0.39, 0.29) is 0 Å². The lowest BCUT2D eigenvalue weighted by atomic mass is 10.2. The van der Waals surface area contributed by atoms with E-state index < -0.39 is 6.10 Å². The van der Waals surface area contributed by atoms with E-state index in [1.54, 1.807) is 14.0 Å². The predicted octanol–water partition coefficient (Wildman–Crippen LogP) is 1.75. The molecule has 1 heterocycles. The average molecular weight is 236 g/mol. The molecule has 1 unspecified atom stereocenters. The van der Waals surface area contributed by atoms with E-state index in [4.69, 9.17) is 4.74 Å². The van der Waals surface area contributed by atoms with Gasteiger partial charge >= 0.3 is 0 Å². The Bertz CT molecular complexity index is 347. The Morgan fingerprint density at radius 1 is 1.53 bits per heavy atom. The Morgan fingerprint density at radius 2 is 2.29 bits per heavy atom. The maximum absolute atomic E-state index is 9.42. The van der Waals surface area contributed by atoms with Crippen molar-refractivity contribution in [1.29, 1.82) is 0 Å². The van der Waals surface area contributed by atoms with Crippen molar-refractivity contribution in [2.75, 3.05) is 25.2 Å². The average Bonchev–Trinajstić information content (AvgIpc) is 3.14. The van der Waals surface area contributed by atoms with Gasteiger partial charge in [-0.25, -0.2) is 0 Å². The third kappa shape index (κ3) is 3.17. The summed E-state index contributed by atoms with van der Waals surface area (Å²) >= 11 is 0. The van der Waals surface area contributed by atoms with Gasteiger partial charge in [-0.15, -0.1) is 0 Å². The molecule has 17 heavy (non-hydrogen) atoms. The molecule has 0 aliphatic heterocycles. The molecule has 0 bridgehead atoms. The van der Waals surface area contributed by atoms with Crippen molar-refractivity contribution >= 4 is 5.69 Å². The molecule has 1 aliphatic carbocycles. The van der Waals surface area contributed by atoms with Gasteiger partial charge in [0.1, 0.15) is 0 Å². The zero-order valence-corrected chi connectivity index (χ0v) is 10.5. The van der Waals surface area contributed by atoms with Crippen molar-refractivity contribution in [2.45, 2.75) is 31.9 Å². The molecule has 0 radical (unpaired) electrons. The van der Waals surface area contributed by atoms with Crippen LogP contribution >= 0.6 is 0 Å². The minimum absolute atomic E-state index is 0.502. The molecular weight excluding hydrogens is 216 g/mol. The Kier molecular flexibility index (Phi) is 3.97. The molecular formula is C13H20N2O2. The second-order valence-electron chi connectivity index (χ2n) is 4.53. The minimum atomic E-state index is -0.502. The number of hydrogen-bond donors (Lipinski definition) is 1. The Labute approximate surface area is 102 Å². The van der Waals surface area contributed by atoms with Gasteiger partial charge in [0.15, 0.2) is 0 Å². The summed E-state index contributed by atoms with van der Waals surface area (Å²) in [6, 6.07) is 4.56. The number of pyridine rings is 1. The molecule has 1 aromatic rings. The zero-order chi connectivity index (χ0) is 12.3. The van der Waals surface area contributed by atoms with Gasteiger partial charge < -0.3 is 14.7 Å². The Morgan fingerprint density at radius 3 is 2.76 bits per heavy atom. The number of methoxy groups -OCH3 is 1. The van der Waals surface area contributed by atoms with Crippen LogP contribution in [0.25, 0.3) is 0 Å². The third-order valence-electron chi connectivity index (χ3n) is 3.05. The van der Waals surface area contributed by atoms with Crippen LogP contribution in [-0.4, -0.2) is 36.4 Å². The van der Waals surface area contributed by atoms with Gasteiger partial charge in [-0.2, -0.15) is 0 Å². The Balaban J connectivity index is 2.07. The first-order valence-electron chi connectivity index (χ1n) is 6.12. The van der Waals surface area contributed by atoms with Crippen LogP contribution in [-0.2, 0) is 4.74 Å². The summed E-state index contributed by atoms with van der Waals surface area (Å²) < 4.78 is 5.13. The van der Waals surface area contributed by atoms with E-state index in [1.165, 1.54) is 12.8 Å². The number of rotatable bonds is 6. The highest BCUT2D eigenvalue weighted by Gasteiger charge is 2.29. The first kappa shape index (κ1) is 12.3. The number of hydrogen-bond acceptors (Lipinski definition) is 4. The lowest BCUT2D eigenvalue weighted by Crippen LogP contribution is -2.29. The molecule has 0 saturated heterocycles. The highest BCUT2D eigenvalue weighted by atomic mass is 16.5. The largest absolute Gasteiger partial charge is 0.387 e. The van der Waals surface area contributed by atoms with Crippen molar-refractivity contribution < 1.29 is 9.84 Å². The molecule has 1 aromatic heterocycles. The van der Waals surface area contributed by atoms with E-state index in [1.807, 2.05) is 18.3 Å². The van der Waals surface area contributed by atoms with Crippen molar-refractivity contribution in [2.24, 2.45) is 0 Å². The third-order valence-corrected chi connectivity index (χ3v) is 3.05. The van der Waals surface area contributed by atoms with Crippen LogP contribution in [0.1, 0.15) is 31.6 Å². The summed E-state index contributed by atoms with van der Waals surface area (Å²) in [4.78, 5) is 6.62. The number of anilines is 1. The van der Waals surface area contributed by atoms with Crippen LogP contribution in [0.15, 0.2) is 18.3 Å². The summed E-state index contributed by atoms with van der Waals surface area (Å²) in [5.74, 6) is 0. The van der Waals surface area contributed by atoms with E-state index in [0.29, 0.717) is 6.04 Å². The summed E-state index contributed by atoms with van der Waals surface area (Å²) in [5, 5.41) is 9.42. The second kappa shape index (κ2) is 5.47. The molecule has 1 aliphatic rings. The maximum atomic E-state index is 9.42. The smallest absolute Gasteiger partial charge is 0.0931 e. The first-order chi connectivity index (χ1) is 8.22. The van der Waals surface area contributed by atoms with Crippen molar-refractivity contribution in [1.82, 2.24) is 4.98 Å². The van der Waals surface area contributed by atoms with Crippen molar-refractivity contribution in [3.63, 3.8) is 0 Å². The zero-order valence-electron chi connectivity index (χ0n) is 10.5. The molecule has 1 atom stereocenters. The standard InChI is InChI=1S/C13H20N2O2/c1-10(16)13-6-5-12(9-14-13)15(7-8-17-2)11-3-4-11/h5-6,9-11,16H,3-4,7-8H2,1-2H3. The van der Waals surface area contributed by atoms with Crippen LogP contribution in [0.5, 0.6) is 0 Å². The van der Waals surface area contributed by atoms with Gasteiger partial charge in [-0.05, 0) is 31.9 Å². The van der Waals surface area contributed by atoms with Gasteiger partial charge in [0.25, 0.3) is 0 Å². The quantitative estimate of drug-likeness (QED) is 0.817. The molecule has 94 valence electrons. The minimum Gasteiger partial charge on any atom is -0.387 e. The van der Waals surface area contributed by atoms with Crippen LogP contribution in [0.2, 0.25) is 0 Å². The Hall–Kier alpha value is -1.13. The number of aromatic nitrogens is 1. The highest BCUT2D eigenvalue weighted by Crippen LogP contribution is 2.31. The van der Waals surface area contributed by atoms with Crippen LogP contribution in [0.4, 0.5) is 5.69 Å². The molecule has 0 spiro atoms. The topological polar surface area (TPSA) is 45.6 Å². The van der Waals surface area contributed by atoms with Gasteiger partial charge in [0.2, 0.25) is 0 Å². The van der Waals surface area contributed by atoms with Crippen molar-refractivity contribution in [3.8, 4) is 0 Å². The summed E-state index contributed by atoms with van der Waals surface area (Å²) in [7, 11) is 1.72. The molecule has 2 rings (SSSR count). The summed E-state index contributed by atoms with van der Waals surface area (Å²) in [5.41, 5.74) is 1.84. The van der Waals surface area contributed by atoms with Crippen LogP contribution in [0, 0.1) is 0 Å². The normalized spacial score (nSPS) is 16.9. The molecule has 1 fully saturated rings. The summed E-state index contributed by atoms with van der Waals surface area (Å²) in [6.45, 7) is 3.36. The van der Waals surface area contributed by atoms with Gasteiger partial charge in [0.05, 0.1) is 30.3 Å². The predicted molar refractivity (Wildman–Crippen MR) is 67.1 cm³/mol. The molecule has 1 N–H and O–H groups in total. The number of nitrogens with zero attached hydrogens (tertiary/aromatic N) is 2. The summed E-state index contributed by atoms with van der Waals surface area (Å²) in [6.07, 6.45) is 3.84. The molecule has 1 saturated carbocycles. The molecule has 0 amide bonds. The molecule has 4 heteroatoms. The molecule has 0 aromatic carbocycles. The van der Waals surface area contributed by atoms with Crippen LogP contribution < -0.4 is 4.90 Å². The highest BCUT2D eigenvalue weighted by molar-refractivity contribution is 5.47. The van der Waals surface area contributed by atoms with Crippen molar-refractivity contribution in [3.05, 3.63) is 24.0 Å². The fourth-order valence-corrected chi connectivity index (χ4v) is 1.91. The SMILES string of the molecule is COCCN(c1ccc(C(C)O)nc1)C1CC1. The lowest BCUT2D eigenvalue weighted by Gasteiger charge is -2.24. The van der Waals surface area contributed by atoms with E-state index in [2.05, 4.69) is 9.88 Å². The van der Waals surface area contributed by atoms with E-state index >= 15 is 0 Å². The first-order valence-corrected chi connectivity index (χ1v) is 6.12. The lowest BCUT2D eigenvalue weighted by molar-refractivity contribution is 0.194. The number of aliphatic hydroxyl groups excluding tert-OH is 1. The second-order valence-corrected chi connectivity index (χ2v) is 4.53. The van der Waals surface area contributed by atoms with Crippen LogP contribution in [0.3, 0.4) is 0 Å². The number of aliphatic hydroxyl groups is 1.